The molecule has 0 aromatic heterocycles. The van der Waals surface area contributed by atoms with Gasteiger partial charge in [-0.15, -0.1) is 0 Å². The average Bonchev–Trinajstić information content (AvgIpc) is 3.14. The van der Waals surface area contributed by atoms with E-state index in [4.69, 9.17) is 16.7 Å². The first-order valence-corrected chi connectivity index (χ1v) is 7.46. The summed E-state index contributed by atoms with van der Waals surface area (Å²) in [6.07, 6.45) is 4.87. The molecule has 6 heteroatoms. The van der Waals surface area contributed by atoms with E-state index in [2.05, 4.69) is 0 Å². The zero-order chi connectivity index (χ0) is 15.6. The van der Waals surface area contributed by atoms with Crippen LogP contribution in [0.4, 0.5) is 5.69 Å². The molecule has 2 aliphatic carbocycles. The van der Waals surface area contributed by atoms with Crippen LogP contribution in [0.25, 0.3) is 0 Å². The maximum absolute atomic E-state index is 12.7. The summed E-state index contributed by atoms with van der Waals surface area (Å²) in [6, 6.07) is 4.05. The smallest absolute Gasteiger partial charge is 0.335 e. The van der Waals surface area contributed by atoms with Crippen molar-refractivity contribution in [2.45, 2.75) is 6.42 Å². The molecule has 0 unspecified atom stereocenters. The standard InChI is InChI=1S/C16H12ClNO4/c17-10-4-3-9(16(21)22)6-11(10)18-14(19)12-7-1-2-8(5-7)13(12)15(18)20/h1-4,6-8,12-13H,5H2,(H,21,22)/t7-,8-,12-,13+/m0/s1. The molecule has 5 nitrogen and oxygen atoms in total. The second kappa shape index (κ2) is 4.43. The Morgan fingerprint density at radius 2 is 1.73 bits per heavy atom. The Labute approximate surface area is 131 Å². The van der Waals surface area contributed by atoms with Crippen molar-refractivity contribution in [3.63, 3.8) is 0 Å². The molecule has 4 rings (SSSR count). The van der Waals surface area contributed by atoms with Gasteiger partial charge in [-0.25, -0.2) is 9.69 Å². The number of imide groups is 1. The van der Waals surface area contributed by atoms with Crippen LogP contribution in [0.1, 0.15) is 16.8 Å². The number of allylic oxidation sites excluding steroid dienone is 2. The van der Waals surface area contributed by atoms with Gasteiger partial charge < -0.3 is 5.11 Å². The third-order valence-electron chi connectivity index (χ3n) is 4.90. The van der Waals surface area contributed by atoms with Gasteiger partial charge in [0.25, 0.3) is 0 Å². The van der Waals surface area contributed by atoms with Crippen molar-refractivity contribution in [2.75, 3.05) is 4.90 Å². The summed E-state index contributed by atoms with van der Waals surface area (Å²) in [6.45, 7) is 0. The molecule has 4 atom stereocenters. The van der Waals surface area contributed by atoms with Crippen molar-refractivity contribution in [2.24, 2.45) is 23.7 Å². The van der Waals surface area contributed by atoms with E-state index in [-0.39, 0.29) is 51.8 Å². The van der Waals surface area contributed by atoms with Gasteiger partial charge in [0.1, 0.15) is 0 Å². The van der Waals surface area contributed by atoms with E-state index in [1.54, 1.807) is 0 Å². The van der Waals surface area contributed by atoms with Crippen LogP contribution in [0.5, 0.6) is 0 Å². The first kappa shape index (κ1) is 13.5. The summed E-state index contributed by atoms with van der Waals surface area (Å²) in [5, 5.41) is 9.29. The van der Waals surface area contributed by atoms with Gasteiger partial charge in [0.05, 0.1) is 28.1 Å². The second-order valence-corrected chi connectivity index (χ2v) is 6.39. The average molecular weight is 318 g/mol. The number of fused-ring (bicyclic) bond motifs is 5. The Morgan fingerprint density at radius 1 is 1.14 bits per heavy atom. The summed E-state index contributed by atoms with van der Waals surface area (Å²) >= 11 is 6.10. The lowest BCUT2D eigenvalue weighted by Gasteiger charge is -2.19. The number of carboxylic acid groups (broad SMARTS) is 1. The quantitative estimate of drug-likeness (QED) is 0.671. The Balaban J connectivity index is 1.79. The molecule has 0 radical (unpaired) electrons. The molecule has 0 spiro atoms. The Morgan fingerprint density at radius 3 is 2.27 bits per heavy atom. The lowest BCUT2D eigenvalue weighted by molar-refractivity contribution is -0.123. The van der Waals surface area contributed by atoms with E-state index < -0.39 is 5.97 Å². The molecule has 112 valence electrons. The molecule has 1 aromatic carbocycles. The normalized spacial score (nSPS) is 32.0. The topological polar surface area (TPSA) is 74.7 Å². The van der Waals surface area contributed by atoms with Crippen molar-refractivity contribution in [1.82, 2.24) is 0 Å². The van der Waals surface area contributed by atoms with Crippen molar-refractivity contribution < 1.29 is 19.5 Å². The summed E-state index contributed by atoms with van der Waals surface area (Å²) in [5.41, 5.74) is 0.170. The molecular formula is C16H12ClNO4. The molecular weight excluding hydrogens is 306 g/mol. The number of aromatic carboxylic acids is 1. The van der Waals surface area contributed by atoms with Gasteiger partial charge in [0.15, 0.2) is 0 Å². The van der Waals surface area contributed by atoms with E-state index in [1.807, 2.05) is 12.2 Å². The van der Waals surface area contributed by atoms with Crippen LogP contribution in [-0.2, 0) is 9.59 Å². The lowest BCUT2D eigenvalue weighted by atomic mass is 9.85. The maximum Gasteiger partial charge on any atom is 0.335 e. The molecule has 2 fully saturated rings. The van der Waals surface area contributed by atoms with Crippen LogP contribution >= 0.6 is 11.6 Å². The molecule has 1 aromatic rings. The van der Waals surface area contributed by atoms with Crippen LogP contribution in [0.3, 0.4) is 0 Å². The maximum atomic E-state index is 12.7. The highest BCUT2D eigenvalue weighted by molar-refractivity contribution is 6.36. The first-order valence-electron chi connectivity index (χ1n) is 7.08. The van der Waals surface area contributed by atoms with E-state index in [0.717, 1.165) is 11.3 Å². The number of anilines is 1. The van der Waals surface area contributed by atoms with E-state index in [0.29, 0.717) is 0 Å². The monoisotopic (exact) mass is 317 g/mol. The van der Waals surface area contributed by atoms with Gasteiger partial charge in [0, 0.05) is 0 Å². The van der Waals surface area contributed by atoms with Gasteiger partial charge in [-0.2, -0.15) is 0 Å². The van der Waals surface area contributed by atoms with Crippen LogP contribution in [0.15, 0.2) is 30.4 Å². The van der Waals surface area contributed by atoms with Gasteiger partial charge >= 0.3 is 5.97 Å². The zero-order valence-electron chi connectivity index (χ0n) is 11.4. The predicted molar refractivity (Wildman–Crippen MR) is 78.6 cm³/mol. The van der Waals surface area contributed by atoms with Gasteiger partial charge in [-0.3, -0.25) is 9.59 Å². The van der Waals surface area contributed by atoms with Crippen LogP contribution in [-0.4, -0.2) is 22.9 Å². The molecule has 22 heavy (non-hydrogen) atoms. The summed E-state index contributed by atoms with van der Waals surface area (Å²) < 4.78 is 0. The van der Waals surface area contributed by atoms with Crippen molar-refractivity contribution >= 4 is 35.1 Å². The number of carbonyl (C=O) groups is 3. The number of benzene rings is 1. The largest absolute Gasteiger partial charge is 0.478 e. The number of nitrogens with zero attached hydrogens (tertiary/aromatic N) is 1. The Hall–Kier alpha value is -2.14. The third-order valence-corrected chi connectivity index (χ3v) is 5.22. The molecule has 1 saturated carbocycles. The number of halogens is 1. The van der Waals surface area contributed by atoms with Crippen LogP contribution < -0.4 is 4.90 Å². The molecule has 1 aliphatic heterocycles. The van der Waals surface area contributed by atoms with Gasteiger partial charge in [-0.1, -0.05) is 23.8 Å². The summed E-state index contributed by atoms with van der Waals surface area (Å²) in [5.74, 6) is -2.10. The fourth-order valence-electron chi connectivity index (χ4n) is 3.96. The highest BCUT2D eigenvalue weighted by Gasteiger charge is 2.59. The van der Waals surface area contributed by atoms with E-state index in [9.17, 15) is 14.4 Å². The van der Waals surface area contributed by atoms with E-state index in [1.165, 1.54) is 18.2 Å². The predicted octanol–water partition coefficient (Wildman–Crippen LogP) is 2.35. The minimum Gasteiger partial charge on any atom is -0.478 e. The zero-order valence-corrected chi connectivity index (χ0v) is 12.2. The fraction of sp³-hybridized carbons (Fsp3) is 0.312. The number of hydrogen-bond acceptors (Lipinski definition) is 3. The minimum atomic E-state index is -1.13. The molecule has 1 heterocycles. The molecule has 2 bridgehead atoms. The number of hydrogen-bond donors (Lipinski definition) is 1. The molecule has 3 aliphatic rings. The second-order valence-electron chi connectivity index (χ2n) is 5.98. The first-order chi connectivity index (χ1) is 10.5. The van der Waals surface area contributed by atoms with Crippen molar-refractivity contribution in [1.29, 1.82) is 0 Å². The van der Waals surface area contributed by atoms with Crippen molar-refractivity contribution in [3.8, 4) is 0 Å². The summed E-state index contributed by atoms with van der Waals surface area (Å²) in [4.78, 5) is 37.6. The number of carboxylic acids is 1. The van der Waals surface area contributed by atoms with Gasteiger partial charge in [0.2, 0.25) is 11.8 Å². The van der Waals surface area contributed by atoms with Crippen LogP contribution in [0.2, 0.25) is 5.02 Å². The highest BCUT2D eigenvalue weighted by Crippen LogP contribution is 2.53. The number of amides is 2. The van der Waals surface area contributed by atoms with Crippen LogP contribution in [0, 0.1) is 23.7 Å². The molecule has 2 amide bonds. The van der Waals surface area contributed by atoms with E-state index >= 15 is 0 Å². The minimum absolute atomic E-state index is 0.00171. The number of carbonyl (C=O) groups excluding carboxylic acids is 2. The Kier molecular flexibility index (Phi) is 2.72. The lowest BCUT2D eigenvalue weighted by Crippen LogP contribution is -2.33. The number of rotatable bonds is 2. The van der Waals surface area contributed by atoms with Gasteiger partial charge in [-0.05, 0) is 36.5 Å². The summed E-state index contributed by atoms with van der Waals surface area (Å²) in [7, 11) is 0. The fourth-order valence-corrected chi connectivity index (χ4v) is 4.16. The molecule has 1 saturated heterocycles. The molecule has 1 N–H and O–H groups in total. The van der Waals surface area contributed by atoms with Crippen molar-refractivity contribution in [3.05, 3.63) is 40.9 Å². The Bertz CT molecular complexity index is 727. The third kappa shape index (κ3) is 1.63. The SMILES string of the molecule is O=C(O)c1ccc(Cl)c(N2C(=O)[C@@H]3[C@H](C2=O)[C@H]2C=C[C@H]3C2)c1. The highest BCUT2D eigenvalue weighted by atomic mass is 35.5.